The Bertz CT molecular complexity index is 1110. The van der Waals surface area contributed by atoms with Gasteiger partial charge in [0.15, 0.2) is 5.78 Å². The second-order valence-corrected chi connectivity index (χ2v) is 9.41. The molecule has 0 radical (unpaired) electrons. The zero-order valence-electron chi connectivity index (χ0n) is 21.5. The van der Waals surface area contributed by atoms with Crippen LogP contribution in [0.5, 0.6) is 0 Å². The van der Waals surface area contributed by atoms with Gasteiger partial charge in [0.25, 0.3) is 5.91 Å². The number of allylic oxidation sites excluding steroid dienone is 2. The van der Waals surface area contributed by atoms with Gasteiger partial charge < -0.3 is 20.0 Å². The van der Waals surface area contributed by atoms with Crippen molar-refractivity contribution >= 4 is 52.2 Å². The van der Waals surface area contributed by atoms with Gasteiger partial charge in [0.05, 0.1) is 17.4 Å². The Morgan fingerprint density at radius 3 is 2.00 bits per heavy atom. The summed E-state index contributed by atoms with van der Waals surface area (Å²) in [6, 6.07) is 18.6. The Labute approximate surface area is 234 Å². The molecule has 2 aromatic rings. The Morgan fingerprint density at radius 2 is 1.50 bits per heavy atom. The van der Waals surface area contributed by atoms with Crippen molar-refractivity contribution in [1.82, 2.24) is 0 Å². The van der Waals surface area contributed by atoms with E-state index in [4.69, 9.17) is 23.2 Å². The summed E-state index contributed by atoms with van der Waals surface area (Å²) in [6.07, 6.45) is 6.40. The molecular formula is C29H34Cl2N2O5. The lowest BCUT2D eigenvalue weighted by Gasteiger charge is -2.20. The second kappa shape index (κ2) is 15.4. The van der Waals surface area contributed by atoms with Gasteiger partial charge in [-0.25, -0.2) is 0 Å². The molecule has 0 bridgehead atoms. The fourth-order valence-electron chi connectivity index (χ4n) is 4.29. The normalized spacial score (nSPS) is 21.8. The summed E-state index contributed by atoms with van der Waals surface area (Å²) in [4.78, 5) is 39.3. The number of carbonyl (C=O) groups excluding carboxylic acids is 3. The zero-order chi connectivity index (χ0) is 28.1. The minimum atomic E-state index is -1.90. The number of carbonyl (C=O) groups is 3. The highest BCUT2D eigenvalue weighted by Gasteiger charge is 2.50. The molecule has 4 rings (SSSR count). The van der Waals surface area contributed by atoms with Gasteiger partial charge in [0, 0.05) is 30.9 Å². The topological polar surface area (TPSA) is 98.2 Å². The minimum absolute atomic E-state index is 0.0156. The maximum atomic E-state index is 12.2. The van der Waals surface area contributed by atoms with Gasteiger partial charge in [-0.15, -0.1) is 23.2 Å². The molecule has 2 aliphatic rings. The number of amides is 2. The monoisotopic (exact) mass is 560 g/mol. The average Bonchev–Trinajstić information content (AvgIpc) is 3.46. The fraction of sp³-hybridized carbons (Fsp3) is 0.345. The van der Waals surface area contributed by atoms with Crippen LogP contribution in [0.4, 0.5) is 11.4 Å². The van der Waals surface area contributed by atoms with Gasteiger partial charge in [-0.3, -0.25) is 14.4 Å². The molecule has 0 saturated carbocycles. The number of nitrogens with zero attached hydrogens (tertiary/aromatic N) is 2. The molecule has 7 nitrogen and oxygen atoms in total. The number of aliphatic hydroxyl groups is 2. The van der Waals surface area contributed by atoms with E-state index in [1.165, 1.54) is 17.1 Å². The molecule has 2 amide bonds. The Morgan fingerprint density at radius 1 is 0.974 bits per heavy atom. The SMILES string of the molecule is C/C=C/C(=O)C1(O)CCN(c2ccccc2)C1=O.C/C=C/C(O)C1CCN(c2ccccc2)C1=O.ClCCl. The predicted molar refractivity (Wildman–Crippen MR) is 152 cm³/mol. The lowest BCUT2D eigenvalue weighted by atomic mass is 9.96. The summed E-state index contributed by atoms with van der Waals surface area (Å²) in [5.74, 6) is -1.38. The Balaban J connectivity index is 0.000000242. The van der Waals surface area contributed by atoms with Crippen LogP contribution < -0.4 is 9.80 Å². The number of benzene rings is 2. The molecule has 0 aromatic heterocycles. The van der Waals surface area contributed by atoms with Crippen LogP contribution in [-0.2, 0) is 14.4 Å². The van der Waals surface area contributed by atoms with Crippen LogP contribution in [-0.4, -0.2) is 57.9 Å². The van der Waals surface area contributed by atoms with Crippen molar-refractivity contribution in [3.05, 3.63) is 85.0 Å². The van der Waals surface area contributed by atoms with E-state index in [1.807, 2.05) is 55.5 Å². The quantitative estimate of drug-likeness (QED) is 0.231. The smallest absolute Gasteiger partial charge is 0.267 e. The number of para-hydroxylation sites is 2. The molecule has 3 unspecified atom stereocenters. The first kappa shape index (κ1) is 31.2. The van der Waals surface area contributed by atoms with Gasteiger partial charge in [-0.2, -0.15) is 0 Å². The molecule has 2 aromatic carbocycles. The van der Waals surface area contributed by atoms with E-state index in [2.05, 4.69) is 0 Å². The molecule has 2 fully saturated rings. The third-order valence-corrected chi connectivity index (χ3v) is 6.21. The predicted octanol–water partition coefficient (Wildman–Crippen LogP) is 4.70. The third-order valence-electron chi connectivity index (χ3n) is 6.21. The summed E-state index contributed by atoms with van der Waals surface area (Å²) in [5, 5.41) is 20.2. The lowest BCUT2D eigenvalue weighted by Crippen LogP contribution is -2.46. The zero-order valence-corrected chi connectivity index (χ0v) is 23.1. The molecule has 2 aliphatic heterocycles. The Kier molecular flexibility index (Phi) is 12.7. The van der Waals surface area contributed by atoms with Crippen LogP contribution in [0.3, 0.4) is 0 Å². The molecular weight excluding hydrogens is 527 g/mol. The van der Waals surface area contributed by atoms with Crippen molar-refractivity contribution in [2.24, 2.45) is 5.92 Å². The average molecular weight is 562 g/mol. The lowest BCUT2D eigenvalue weighted by molar-refractivity contribution is -0.144. The van der Waals surface area contributed by atoms with Crippen LogP contribution in [0.1, 0.15) is 26.7 Å². The highest BCUT2D eigenvalue weighted by atomic mass is 35.5. The minimum Gasteiger partial charge on any atom is -0.388 e. The van der Waals surface area contributed by atoms with Gasteiger partial charge in [0.2, 0.25) is 11.5 Å². The van der Waals surface area contributed by atoms with Gasteiger partial charge >= 0.3 is 0 Å². The van der Waals surface area contributed by atoms with E-state index in [0.717, 1.165) is 5.69 Å². The molecule has 2 heterocycles. The van der Waals surface area contributed by atoms with Gasteiger partial charge in [-0.05, 0) is 50.6 Å². The third kappa shape index (κ3) is 7.77. The molecule has 0 aliphatic carbocycles. The first-order valence-corrected chi connectivity index (χ1v) is 13.4. The van der Waals surface area contributed by atoms with E-state index in [0.29, 0.717) is 25.2 Å². The van der Waals surface area contributed by atoms with Crippen LogP contribution in [0.25, 0.3) is 0 Å². The molecule has 9 heteroatoms. The van der Waals surface area contributed by atoms with Crippen molar-refractivity contribution in [3.8, 4) is 0 Å². The summed E-state index contributed by atoms with van der Waals surface area (Å²) < 4.78 is 0. The van der Waals surface area contributed by atoms with Crippen molar-refractivity contribution in [2.45, 2.75) is 38.4 Å². The first-order valence-electron chi connectivity index (χ1n) is 12.3. The molecule has 204 valence electrons. The van der Waals surface area contributed by atoms with Crippen LogP contribution in [0.15, 0.2) is 85.0 Å². The van der Waals surface area contributed by atoms with E-state index in [-0.39, 0.29) is 23.6 Å². The molecule has 2 N–H and O–H groups in total. The molecule has 3 atom stereocenters. The number of alkyl halides is 2. The second-order valence-electron chi connectivity index (χ2n) is 8.60. The number of hydrogen-bond acceptors (Lipinski definition) is 5. The van der Waals surface area contributed by atoms with Crippen LogP contribution in [0.2, 0.25) is 0 Å². The van der Waals surface area contributed by atoms with Gasteiger partial charge in [-0.1, -0.05) is 54.6 Å². The highest BCUT2D eigenvalue weighted by molar-refractivity contribution is 6.40. The van der Waals surface area contributed by atoms with E-state index >= 15 is 0 Å². The number of aliphatic hydroxyl groups excluding tert-OH is 1. The fourth-order valence-corrected chi connectivity index (χ4v) is 4.29. The van der Waals surface area contributed by atoms with Gasteiger partial charge in [0.1, 0.15) is 0 Å². The maximum absolute atomic E-state index is 12.2. The summed E-state index contributed by atoms with van der Waals surface area (Å²) in [5.41, 5.74) is -0.290. The number of halogens is 2. The standard InChI is InChI=1S/C14H15NO3.C14H17NO2.CH2Cl2/c1-2-6-12(16)14(18)9-10-15(13(14)17)11-7-4-3-5-8-11;1-2-6-13(16)12-9-10-15(14(12)17)11-7-4-3-5-8-11;2-1-3/h2-8,18H,9-10H2,1H3;2-8,12-13,16H,9-10H2,1H3;1H2/b2*6-2+;. The largest absolute Gasteiger partial charge is 0.388 e. The van der Waals surface area contributed by atoms with E-state index in [1.54, 1.807) is 36.1 Å². The molecule has 2 saturated heterocycles. The van der Waals surface area contributed by atoms with Crippen LogP contribution in [0, 0.1) is 5.92 Å². The maximum Gasteiger partial charge on any atom is 0.267 e. The number of ketones is 1. The summed E-state index contributed by atoms with van der Waals surface area (Å²) in [7, 11) is 0. The summed E-state index contributed by atoms with van der Waals surface area (Å²) in [6.45, 7) is 4.55. The van der Waals surface area contributed by atoms with E-state index in [9.17, 15) is 24.6 Å². The first-order chi connectivity index (χ1) is 18.2. The van der Waals surface area contributed by atoms with Crippen molar-refractivity contribution in [1.29, 1.82) is 0 Å². The van der Waals surface area contributed by atoms with Crippen molar-refractivity contribution < 1.29 is 24.6 Å². The summed E-state index contributed by atoms with van der Waals surface area (Å²) >= 11 is 9.53. The van der Waals surface area contributed by atoms with Crippen LogP contribution >= 0.6 is 23.2 Å². The molecule has 0 spiro atoms. The Hall–Kier alpha value is -2.97. The highest BCUT2D eigenvalue weighted by Crippen LogP contribution is 2.29. The number of anilines is 2. The number of hydrogen-bond donors (Lipinski definition) is 2. The van der Waals surface area contributed by atoms with Crippen molar-refractivity contribution in [3.63, 3.8) is 0 Å². The number of rotatable bonds is 6. The molecule has 38 heavy (non-hydrogen) atoms. The van der Waals surface area contributed by atoms with Crippen molar-refractivity contribution in [2.75, 3.05) is 28.2 Å². The van der Waals surface area contributed by atoms with E-state index < -0.39 is 23.4 Å².